The van der Waals surface area contributed by atoms with Gasteiger partial charge in [0.1, 0.15) is 0 Å². The molecule has 0 spiro atoms. The van der Waals surface area contributed by atoms with Crippen LogP contribution < -0.4 is 9.62 Å². The number of carbonyl (C=O) groups excluding carboxylic acids is 1. The number of amides is 1. The Labute approximate surface area is 180 Å². The molecule has 2 rings (SSSR count). The fourth-order valence-electron chi connectivity index (χ4n) is 2.66. The number of rotatable bonds is 8. The predicted octanol–water partition coefficient (Wildman–Crippen LogP) is 4.82. The summed E-state index contributed by atoms with van der Waals surface area (Å²) in [6, 6.07) is 10.2. The van der Waals surface area contributed by atoms with E-state index < -0.39 is 10.0 Å². The van der Waals surface area contributed by atoms with Gasteiger partial charge in [-0.25, -0.2) is 8.42 Å². The van der Waals surface area contributed by atoms with Crippen molar-refractivity contribution in [3.05, 3.63) is 62.6 Å². The second kappa shape index (κ2) is 9.83. The molecule has 0 aromatic heterocycles. The van der Waals surface area contributed by atoms with Gasteiger partial charge in [0, 0.05) is 34.6 Å². The third-order valence-corrected chi connectivity index (χ3v) is 6.34. The zero-order valence-corrected chi connectivity index (χ0v) is 18.6. The maximum atomic E-state index is 12.2. The van der Waals surface area contributed by atoms with E-state index >= 15 is 0 Å². The molecule has 0 heterocycles. The zero-order chi connectivity index (χ0) is 20.9. The highest BCUT2D eigenvalue weighted by atomic mass is 35.5. The second-order valence-electron chi connectivity index (χ2n) is 6.34. The molecule has 2 aromatic rings. The molecule has 0 aliphatic rings. The van der Waals surface area contributed by atoms with E-state index in [1.807, 2.05) is 0 Å². The number of nitrogens with zero attached hydrogens (tertiary/aromatic N) is 1. The van der Waals surface area contributed by atoms with Gasteiger partial charge < -0.3 is 5.32 Å². The van der Waals surface area contributed by atoms with Crippen LogP contribution in [0.4, 0.5) is 5.69 Å². The van der Waals surface area contributed by atoms with Crippen molar-refractivity contribution in [3.8, 4) is 0 Å². The number of hydrogen-bond donors (Lipinski definition) is 1. The summed E-state index contributed by atoms with van der Waals surface area (Å²) in [5, 5.41) is 4.27. The van der Waals surface area contributed by atoms with Gasteiger partial charge in [-0.05, 0) is 48.7 Å². The first-order valence-electron chi connectivity index (χ1n) is 8.53. The minimum Gasteiger partial charge on any atom is -0.352 e. The Hall–Kier alpha value is -1.47. The minimum absolute atomic E-state index is 0.176. The molecule has 0 aliphatic heterocycles. The number of hydrogen-bond acceptors (Lipinski definition) is 3. The van der Waals surface area contributed by atoms with Crippen LogP contribution in [-0.4, -0.2) is 27.1 Å². The number of benzene rings is 2. The fraction of sp³-hybridized carbons (Fsp3) is 0.316. The predicted molar refractivity (Wildman–Crippen MR) is 116 cm³/mol. The molecule has 152 valence electrons. The first-order chi connectivity index (χ1) is 13.1. The Morgan fingerprint density at radius 2 is 1.82 bits per heavy atom. The highest BCUT2D eigenvalue weighted by Gasteiger charge is 2.20. The zero-order valence-electron chi connectivity index (χ0n) is 15.5. The van der Waals surface area contributed by atoms with Crippen molar-refractivity contribution >= 4 is 56.4 Å². The van der Waals surface area contributed by atoms with Crippen molar-refractivity contribution < 1.29 is 13.2 Å². The summed E-state index contributed by atoms with van der Waals surface area (Å²) in [6.45, 7) is 2.21. The van der Waals surface area contributed by atoms with Gasteiger partial charge in [-0.2, -0.15) is 0 Å². The van der Waals surface area contributed by atoms with Crippen LogP contribution >= 0.6 is 34.8 Å². The van der Waals surface area contributed by atoms with Gasteiger partial charge in [-0.3, -0.25) is 9.10 Å². The van der Waals surface area contributed by atoms with E-state index in [0.29, 0.717) is 32.7 Å². The Bertz CT molecular complexity index is 965. The van der Waals surface area contributed by atoms with Crippen LogP contribution in [0, 0.1) is 6.92 Å². The average molecular weight is 464 g/mol. The van der Waals surface area contributed by atoms with E-state index in [-0.39, 0.29) is 25.4 Å². The molecule has 0 atom stereocenters. The number of carbonyl (C=O) groups is 1. The highest BCUT2D eigenvalue weighted by molar-refractivity contribution is 7.92. The molecule has 28 heavy (non-hydrogen) atoms. The molecular weight excluding hydrogens is 443 g/mol. The second-order valence-corrected chi connectivity index (χ2v) is 9.49. The van der Waals surface area contributed by atoms with Crippen molar-refractivity contribution in [1.82, 2.24) is 5.32 Å². The van der Waals surface area contributed by atoms with Crippen LogP contribution in [0.25, 0.3) is 0 Å². The van der Waals surface area contributed by atoms with E-state index in [4.69, 9.17) is 34.8 Å². The topological polar surface area (TPSA) is 66.5 Å². The number of anilines is 1. The van der Waals surface area contributed by atoms with Crippen LogP contribution in [0.15, 0.2) is 36.4 Å². The molecule has 1 N–H and O–H groups in total. The Morgan fingerprint density at radius 1 is 1.11 bits per heavy atom. The lowest BCUT2D eigenvalue weighted by Gasteiger charge is -2.24. The van der Waals surface area contributed by atoms with Crippen molar-refractivity contribution in [3.63, 3.8) is 0 Å². The van der Waals surface area contributed by atoms with Crippen molar-refractivity contribution in [2.45, 2.75) is 26.3 Å². The van der Waals surface area contributed by atoms with E-state index in [9.17, 15) is 13.2 Å². The summed E-state index contributed by atoms with van der Waals surface area (Å²) >= 11 is 18.0. The molecule has 2 aromatic carbocycles. The minimum atomic E-state index is -3.51. The quantitative estimate of drug-likeness (QED) is 0.610. The number of halogens is 3. The monoisotopic (exact) mass is 462 g/mol. The molecule has 9 heteroatoms. The first kappa shape index (κ1) is 22.8. The standard InChI is InChI=1S/C19H21Cl3N2O3S/c1-13-16(21)5-3-6-18(13)24(28(2,26)27)10-4-7-19(25)23-12-14-8-9-15(20)11-17(14)22/h3,5-6,8-9,11H,4,7,10,12H2,1-2H3,(H,23,25). The molecule has 0 radical (unpaired) electrons. The lowest BCUT2D eigenvalue weighted by Crippen LogP contribution is -2.32. The van der Waals surface area contributed by atoms with Gasteiger partial charge in [0.25, 0.3) is 0 Å². The third kappa shape index (κ3) is 6.27. The Morgan fingerprint density at radius 3 is 2.46 bits per heavy atom. The van der Waals surface area contributed by atoms with E-state index in [0.717, 1.165) is 11.8 Å². The normalized spacial score (nSPS) is 11.3. The van der Waals surface area contributed by atoms with Crippen LogP contribution in [0.2, 0.25) is 15.1 Å². The van der Waals surface area contributed by atoms with Gasteiger partial charge in [0.05, 0.1) is 11.9 Å². The smallest absolute Gasteiger partial charge is 0.232 e. The summed E-state index contributed by atoms with van der Waals surface area (Å²) in [4.78, 5) is 12.1. The molecule has 0 bridgehead atoms. The lowest BCUT2D eigenvalue weighted by atomic mass is 10.2. The highest BCUT2D eigenvalue weighted by Crippen LogP contribution is 2.28. The first-order valence-corrected chi connectivity index (χ1v) is 11.5. The third-order valence-electron chi connectivity index (χ3n) is 4.16. The Balaban J connectivity index is 1.95. The van der Waals surface area contributed by atoms with Gasteiger partial charge in [-0.1, -0.05) is 46.9 Å². The lowest BCUT2D eigenvalue weighted by molar-refractivity contribution is -0.121. The van der Waals surface area contributed by atoms with Crippen molar-refractivity contribution in [2.24, 2.45) is 0 Å². The fourth-order valence-corrected chi connectivity index (χ4v) is 4.32. The summed E-state index contributed by atoms with van der Waals surface area (Å²) in [5.74, 6) is -0.192. The molecule has 0 saturated heterocycles. The summed E-state index contributed by atoms with van der Waals surface area (Å²) < 4.78 is 25.7. The van der Waals surface area contributed by atoms with E-state index in [1.165, 1.54) is 4.31 Å². The molecule has 0 fully saturated rings. The van der Waals surface area contributed by atoms with Crippen LogP contribution in [0.5, 0.6) is 0 Å². The molecule has 0 aliphatic carbocycles. The Kier molecular flexibility index (Phi) is 8.01. The molecule has 0 saturated carbocycles. The SMILES string of the molecule is Cc1c(Cl)cccc1N(CCCC(=O)NCc1ccc(Cl)cc1Cl)S(C)(=O)=O. The van der Waals surface area contributed by atoms with Gasteiger partial charge >= 0.3 is 0 Å². The average Bonchev–Trinajstić information content (AvgIpc) is 2.60. The number of nitrogens with one attached hydrogen (secondary N) is 1. The van der Waals surface area contributed by atoms with Crippen LogP contribution in [0.1, 0.15) is 24.0 Å². The molecular formula is C19H21Cl3N2O3S. The summed E-state index contributed by atoms with van der Waals surface area (Å²) in [7, 11) is -3.51. The van der Waals surface area contributed by atoms with Gasteiger partial charge in [0.2, 0.25) is 15.9 Å². The van der Waals surface area contributed by atoms with E-state index in [2.05, 4.69) is 5.32 Å². The van der Waals surface area contributed by atoms with Crippen LogP contribution in [-0.2, 0) is 21.4 Å². The maximum Gasteiger partial charge on any atom is 0.232 e. The summed E-state index contributed by atoms with van der Waals surface area (Å²) in [5.41, 5.74) is 1.95. The van der Waals surface area contributed by atoms with Gasteiger partial charge in [-0.15, -0.1) is 0 Å². The summed E-state index contributed by atoms with van der Waals surface area (Å²) in [6.07, 6.45) is 1.67. The molecule has 0 unspecified atom stereocenters. The number of sulfonamides is 1. The maximum absolute atomic E-state index is 12.2. The molecule has 1 amide bonds. The van der Waals surface area contributed by atoms with Crippen molar-refractivity contribution in [2.75, 3.05) is 17.1 Å². The van der Waals surface area contributed by atoms with Crippen LogP contribution in [0.3, 0.4) is 0 Å². The van der Waals surface area contributed by atoms with E-state index in [1.54, 1.807) is 43.3 Å². The van der Waals surface area contributed by atoms with Crippen molar-refractivity contribution in [1.29, 1.82) is 0 Å². The largest absolute Gasteiger partial charge is 0.352 e. The van der Waals surface area contributed by atoms with Gasteiger partial charge in [0.15, 0.2) is 0 Å². The molecule has 5 nitrogen and oxygen atoms in total.